The van der Waals surface area contributed by atoms with Crippen LogP contribution in [-0.4, -0.2) is 23.1 Å². The van der Waals surface area contributed by atoms with Gasteiger partial charge in [0.15, 0.2) is 0 Å². The van der Waals surface area contributed by atoms with Gasteiger partial charge in [-0.05, 0) is 44.7 Å². The first-order valence-corrected chi connectivity index (χ1v) is 5.60. The zero-order valence-electron chi connectivity index (χ0n) is 9.49. The lowest BCUT2D eigenvalue weighted by atomic mass is 10.4. The molecule has 90 valence electrons. The van der Waals surface area contributed by atoms with Gasteiger partial charge in [-0.25, -0.2) is 0 Å². The Balaban J connectivity index is 0. The van der Waals surface area contributed by atoms with Crippen LogP contribution in [0.3, 0.4) is 0 Å². The molecule has 0 bridgehead atoms. The molecule has 4 nitrogen and oxygen atoms in total. The third kappa shape index (κ3) is 24.7. The molecule has 6 heteroatoms. The maximum Gasteiger partial charge on any atom is 0.254 e. The largest absolute Gasteiger partial charge is 0.471 e. The maximum absolute atomic E-state index is 5.04. The standard InChI is InChI=1S/C5H11NOS.C4H9NOS/c1-2-3-4-7-5(6)8;1-3(2)6-4(5)7/h2-4H2,1H3,(H2,6,8);3H,1-2H3,(H2,5,7). The summed E-state index contributed by atoms with van der Waals surface area (Å²) < 4.78 is 9.55. The lowest BCUT2D eigenvalue weighted by Crippen LogP contribution is -2.17. The van der Waals surface area contributed by atoms with Crippen molar-refractivity contribution in [3.63, 3.8) is 0 Å². The first-order valence-electron chi connectivity index (χ1n) is 4.78. The van der Waals surface area contributed by atoms with Crippen LogP contribution in [0.1, 0.15) is 33.6 Å². The molecule has 0 fully saturated rings. The second-order valence-electron chi connectivity index (χ2n) is 3.01. The number of hydrogen-bond acceptors (Lipinski definition) is 4. The molecule has 15 heavy (non-hydrogen) atoms. The van der Waals surface area contributed by atoms with Crippen molar-refractivity contribution in [3.8, 4) is 0 Å². The van der Waals surface area contributed by atoms with Crippen molar-refractivity contribution in [3.05, 3.63) is 0 Å². The van der Waals surface area contributed by atoms with E-state index in [1.165, 1.54) is 0 Å². The van der Waals surface area contributed by atoms with Gasteiger partial charge in [-0.2, -0.15) is 0 Å². The SMILES string of the molecule is CC(C)OC(N)=S.CCCCOC(N)=S. The molecule has 0 aromatic heterocycles. The molecule has 0 aliphatic carbocycles. The predicted molar refractivity (Wildman–Crippen MR) is 70.7 cm³/mol. The fourth-order valence-corrected chi connectivity index (χ4v) is 0.825. The number of ether oxygens (including phenoxy) is 2. The lowest BCUT2D eigenvalue weighted by Gasteiger charge is -2.04. The zero-order chi connectivity index (χ0) is 12.3. The van der Waals surface area contributed by atoms with E-state index in [1.807, 2.05) is 13.8 Å². The van der Waals surface area contributed by atoms with E-state index in [-0.39, 0.29) is 16.5 Å². The smallest absolute Gasteiger partial charge is 0.254 e. The summed E-state index contributed by atoms with van der Waals surface area (Å²) in [4.78, 5) is 0. The van der Waals surface area contributed by atoms with Gasteiger partial charge in [0.25, 0.3) is 10.3 Å². The molecular weight excluding hydrogens is 232 g/mol. The molecule has 0 aliphatic heterocycles. The van der Waals surface area contributed by atoms with Crippen LogP contribution in [0.5, 0.6) is 0 Å². The molecule has 0 radical (unpaired) electrons. The van der Waals surface area contributed by atoms with E-state index in [4.69, 9.17) is 20.9 Å². The highest BCUT2D eigenvalue weighted by Gasteiger charge is 1.90. The van der Waals surface area contributed by atoms with Gasteiger partial charge in [-0.1, -0.05) is 13.3 Å². The van der Waals surface area contributed by atoms with Gasteiger partial charge in [0.05, 0.1) is 12.7 Å². The van der Waals surface area contributed by atoms with Crippen molar-refractivity contribution >= 4 is 34.8 Å². The normalized spacial score (nSPS) is 8.80. The highest BCUT2D eigenvalue weighted by Crippen LogP contribution is 1.86. The van der Waals surface area contributed by atoms with E-state index in [0.717, 1.165) is 12.8 Å². The Morgan fingerprint density at radius 3 is 1.93 bits per heavy atom. The van der Waals surface area contributed by atoms with E-state index in [9.17, 15) is 0 Å². The Morgan fingerprint density at radius 1 is 1.20 bits per heavy atom. The predicted octanol–water partition coefficient (Wildman–Crippen LogP) is 1.70. The second-order valence-corrected chi connectivity index (χ2v) is 3.81. The van der Waals surface area contributed by atoms with E-state index in [2.05, 4.69) is 31.4 Å². The average Bonchev–Trinajstić information content (AvgIpc) is 2.02. The molecule has 0 rings (SSSR count). The summed E-state index contributed by atoms with van der Waals surface area (Å²) in [6.45, 7) is 6.49. The fraction of sp³-hybridized carbons (Fsp3) is 0.778. The van der Waals surface area contributed by atoms with Crippen molar-refractivity contribution in [2.24, 2.45) is 11.5 Å². The number of unbranched alkanes of at least 4 members (excludes halogenated alkanes) is 1. The summed E-state index contributed by atoms with van der Waals surface area (Å²) in [5.41, 5.74) is 10.0. The summed E-state index contributed by atoms with van der Waals surface area (Å²) in [5, 5.41) is 0.272. The average molecular weight is 252 g/mol. The van der Waals surface area contributed by atoms with Gasteiger partial charge in [-0.15, -0.1) is 0 Å². The fourth-order valence-electron chi connectivity index (χ4n) is 0.549. The minimum absolute atomic E-state index is 0.109. The molecule has 0 heterocycles. The van der Waals surface area contributed by atoms with Gasteiger partial charge in [0.1, 0.15) is 0 Å². The molecule has 0 spiro atoms. The van der Waals surface area contributed by atoms with Gasteiger partial charge in [0, 0.05) is 0 Å². The highest BCUT2D eigenvalue weighted by atomic mass is 32.1. The van der Waals surface area contributed by atoms with Crippen molar-refractivity contribution in [2.75, 3.05) is 6.61 Å². The summed E-state index contributed by atoms with van der Waals surface area (Å²) in [6.07, 6.45) is 2.25. The topological polar surface area (TPSA) is 70.5 Å². The zero-order valence-corrected chi connectivity index (χ0v) is 11.1. The molecule has 0 saturated carbocycles. The van der Waals surface area contributed by atoms with Crippen molar-refractivity contribution in [1.82, 2.24) is 0 Å². The van der Waals surface area contributed by atoms with E-state index < -0.39 is 0 Å². The van der Waals surface area contributed by atoms with E-state index >= 15 is 0 Å². The van der Waals surface area contributed by atoms with Crippen LogP contribution >= 0.6 is 24.4 Å². The summed E-state index contributed by atoms with van der Waals surface area (Å²) in [5.74, 6) is 0. The lowest BCUT2D eigenvalue weighted by molar-refractivity contribution is 0.232. The van der Waals surface area contributed by atoms with Crippen LogP contribution in [0.25, 0.3) is 0 Å². The van der Waals surface area contributed by atoms with Crippen LogP contribution in [0.15, 0.2) is 0 Å². The number of nitrogens with two attached hydrogens (primary N) is 2. The summed E-state index contributed by atoms with van der Waals surface area (Å²) in [6, 6.07) is 0. The molecule has 0 unspecified atom stereocenters. The number of hydrogen-bond donors (Lipinski definition) is 2. The van der Waals surface area contributed by atoms with Gasteiger partial charge in [-0.3, -0.25) is 0 Å². The molecular formula is C9H20N2O2S2. The Labute approximate surface area is 102 Å². The van der Waals surface area contributed by atoms with Gasteiger partial charge in [0.2, 0.25) is 0 Å². The molecule has 0 aromatic rings. The Morgan fingerprint density at radius 2 is 1.73 bits per heavy atom. The van der Waals surface area contributed by atoms with E-state index in [1.54, 1.807) is 0 Å². The second kappa shape index (κ2) is 11.5. The summed E-state index contributed by atoms with van der Waals surface area (Å²) >= 11 is 8.89. The Bertz CT molecular complexity index is 187. The van der Waals surface area contributed by atoms with Crippen LogP contribution in [0.2, 0.25) is 0 Å². The first kappa shape index (κ1) is 16.8. The quantitative estimate of drug-likeness (QED) is 0.586. The van der Waals surface area contributed by atoms with Crippen LogP contribution in [0.4, 0.5) is 0 Å². The third-order valence-corrected chi connectivity index (χ3v) is 1.31. The van der Waals surface area contributed by atoms with Crippen molar-refractivity contribution in [2.45, 2.75) is 39.7 Å². The van der Waals surface area contributed by atoms with Crippen LogP contribution in [0, 0.1) is 0 Å². The van der Waals surface area contributed by atoms with Crippen molar-refractivity contribution in [1.29, 1.82) is 0 Å². The maximum atomic E-state index is 5.04. The van der Waals surface area contributed by atoms with Crippen LogP contribution in [-0.2, 0) is 9.47 Å². The molecule has 0 amide bonds. The molecule has 0 atom stereocenters. The van der Waals surface area contributed by atoms with Gasteiger partial charge < -0.3 is 20.9 Å². The van der Waals surface area contributed by atoms with Crippen molar-refractivity contribution < 1.29 is 9.47 Å². The molecule has 0 aliphatic rings. The van der Waals surface area contributed by atoms with Gasteiger partial charge >= 0.3 is 0 Å². The number of rotatable bonds is 4. The minimum atomic E-state index is 0.109. The highest BCUT2D eigenvalue weighted by molar-refractivity contribution is 7.80. The molecule has 0 aromatic carbocycles. The Kier molecular flexibility index (Phi) is 12.8. The molecule has 4 N–H and O–H groups in total. The first-order chi connectivity index (χ1) is 6.90. The monoisotopic (exact) mass is 252 g/mol. The van der Waals surface area contributed by atoms with E-state index in [0.29, 0.717) is 6.61 Å². The van der Waals surface area contributed by atoms with Crippen LogP contribution < -0.4 is 11.5 Å². The molecule has 0 saturated heterocycles. The summed E-state index contributed by atoms with van der Waals surface area (Å²) in [7, 11) is 0. The Hall–Kier alpha value is -0.620. The third-order valence-electron chi connectivity index (χ3n) is 1.09. The minimum Gasteiger partial charge on any atom is -0.471 e. The number of thiocarbonyl (C=S) groups is 2.